The van der Waals surface area contributed by atoms with Crippen molar-refractivity contribution in [3.63, 3.8) is 0 Å². The minimum atomic E-state index is -4.02. The summed E-state index contributed by atoms with van der Waals surface area (Å²) >= 11 is 6.28. The molecule has 0 aliphatic rings. The lowest BCUT2D eigenvalue weighted by molar-refractivity contribution is -0.119. The van der Waals surface area contributed by atoms with Crippen LogP contribution in [0.4, 0.5) is 5.69 Å². The molecule has 3 aromatic carbocycles. The van der Waals surface area contributed by atoms with E-state index in [9.17, 15) is 13.2 Å². The number of aryl methyl sites for hydroxylation is 1. The number of sulfonamides is 1. The van der Waals surface area contributed by atoms with Gasteiger partial charge in [0.15, 0.2) is 0 Å². The number of halogens is 1. The van der Waals surface area contributed by atoms with Crippen molar-refractivity contribution in [3.8, 4) is 5.75 Å². The highest BCUT2D eigenvalue weighted by Crippen LogP contribution is 2.31. The van der Waals surface area contributed by atoms with Gasteiger partial charge in [-0.05, 0) is 82.1 Å². The minimum Gasteiger partial charge on any atom is -0.488 e. The average molecular weight is 515 g/mol. The molecule has 0 saturated carbocycles. The van der Waals surface area contributed by atoms with Gasteiger partial charge in [0.25, 0.3) is 10.0 Å². The summed E-state index contributed by atoms with van der Waals surface area (Å²) in [6, 6.07) is 19.0. The van der Waals surface area contributed by atoms with Gasteiger partial charge in [0.1, 0.15) is 17.9 Å². The molecule has 186 valence electrons. The van der Waals surface area contributed by atoms with Crippen LogP contribution in [0.3, 0.4) is 0 Å². The van der Waals surface area contributed by atoms with E-state index < -0.39 is 22.5 Å². The zero-order valence-corrected chi connectivity index (χ0v) is 22.2. The van der Waals surface area contributed by atoms with Gasteiger partial charge in [0.05, 0.1) is 10.6 Å². The van der Waals surface area contributed by atoms with Crippen LogP contribution >= 0.6 is 11.6 Å². The largest absolute Gasteiger partial charge is 0.488 e. The Morgan fingerprint density at radius 3 is 2.31 bits per heavy atom. The van der Waals surface area contributed by atoms with Gasteiger partial charge in [-0.1, -0.05) is 47.5 Å². The first-order valence-corrected chi connectivity index (χ1v) is 13.1. The molecule has 0 spiro atoms. The molecule has 0 atom stereocenters. The third-order valence-electron chi connectivity index (χ3n) is 5.22. The number of hydrogen-bond acceptors (Lipinski definition) is 4. The SMILES string of the molecule is Cc1ccc(S(=O)(=O)N(CC(=O)NCc2cccc(OC(C)(C)C)c2)c2cccc(Cl)c2C)cc1. The summed E-state index contributed by atoms with van der Waals surface area (Å²) in [4.78, 5) is 13.1. The molecule has 8 heteroatoms. The molecule has 3 aromatic rings. The Bertz CT molecular complexity index is 1300. The van der Waals surface area contributed by atoms with E-state index in [1.165, 1.54) is 12.1 Å². The van der Waals surface area contributed by atoms with Gasteiger partial charge in [-0.2, -0.15) is 0 Å². The molecule has 0 aliphatic heterocycles. The number of nitrogens with one attached hydrogen (secondary N) is 1. The number of carbonyl (C=O) groups is 1. The maximum absolute atomic E-state index is 13.6. The highest BCUT2D eigenvalue weighted by molar-refractivity contribution is 7.92. The first-order chi connectivity index (χ1) is 16.4. The molecule has 0 saturated heterocycles. The van der Waals surface area contributed by atoms with Gasteiger partial charge in [-0.3, -0.25) is 9.10 Å². The number of anilines is 1. The quantitative estimate of drug-likeness (QED) is 0.421. The lowest BCUT2D eigenvalue weighted by atomic mass is 10.1. The van der Waals surface area contributed by atoms with E-state index in [0.717, 1.165) is 15.4 Å². The van der Waals surface area contributed by atoms with Crippen LogP contribution < -0.4 is 14.4 Å². The van der Waals surface area contributed by atoms with E-state index in [2.05, 4.69) is 5.32 Å². The first-order valence-electron chi connectivity index (χ1n) is 11.3. The fourth-order valence-electron chi connectivity index (χ4n) is 3.46. The standard InChI is InChI=1S/C27H31ClN2O4S/c1-19-12-14-23(15-13-19)35(32,33)30(25-11-7-10-24(28)20(25)2)18-26(31)29-17-21-8-6-9-22(16-21)34-27(3,4)5/h6-16H,17-18H2,1-5H3,(H,29,31). The maximum Gasteiger partial charge on any atom is 0.264 e. The number of carbonyl (C=O) groups excluding carboxylic acids is 1. The highest BCUT2D eigenvalue weighted by Gasteiger charge is 2.28. The van der Waals surface area contributed by atoms with Crippen molar-refractivity contribution in [1.29, 1.82) is 0 Å². The normalized spacial score (nSPS) is 11.7. The van der Waals surface area contributed by atoms with Crippen LogP contribution in [0.1, 0.15) is 37.5 Å². The third-order valence-corrected chi connectivity index (χ3v) is 7.40. The summed E-state index contributed by atoms with van der Waals surface area (Å²) in [6.07, 6.45) is 0. The second-order valence-electron chi connectivity index (χ2n) is 9.35. The van der Waals surface area contributed by atoms with Gasteiger partial charge in [0, 0.05) is 11.6 Å². The van der Waals surface area contributed by atoms with E-state index in [-0.39, 0.29) is 17.0 Å². The molecular weight excluding hydrogens is 484 g/mol. The number of rotatable bonds is 8. The monoisotopic (exact) mass is 514 g/mol. The zero-order chi connectivity index (χ0) is 25.8. The zero-order valence-electron chi connectivity index (χ0n) is 20.6. The Morgan fingerprint density at radius 2 is 1.66 bits per heavy atom. The predicted molar refractivity (Wildman–Crippen MR) is 141 cm³/mol. The molecule has 0 fully saturated rings. The van der Waals surface area contributed by atoms with E-state index in [1.807, 2.05) is 52.0 Å². The molecule has 1 amide bonds. The molecule has 1 N–H and O–H groups in total. The van der Waals surface area contributed by atoms with Crippen LogP contribution in [0.25, 0.3) is 0 Å². The van der Waals surface area contributed by atoms with Gasteiger partial charge in [-0.15, -0.1) is 0 Å². The summed E-state index contributed by atoms with van der Waals surface area (Å²) in [7, 11) is -4.02. The Kier molecular flexibility index (Phi) is 8.13. The minimum absolute atomic E-state index is 0.0994. The second-order valence-corrected chi connectivity index (χ2v) is 11.6. The van der Waals surface area contributed by atoms with Crippen molar-refractivity contribution < 1.29 is 17.9 Å². The molecule has 0 heterocycles. The van der Waals surface area contributed by atoms with Gasteiger partial charge < -0.3 is 10.1 Å². The third kappa shape index (κ3) is 6.99. The second kappa shape index (κ2) is 10.7. The Balaban J connectivity index is 1.84. The number of amides is 1. The summed E-state index contributed by atoms with van der Waals surface area (Å²) < 4.78 is 34.2. The Hall–Kier alpha value is -3.03. The van der Waals surface area contributed by atoms with Crippen LogP contribution in [0.2, 0.25) is 5.02 Å². The van der Waals surface area contributed by atoms with Crippen molar-refractivity contribution in [1.82, 2.24) is 5.32 Å². The predicted octanol–water partition coefficient (Wildman–Crippen LogP) is 5.65. The van der Waals surface area contributed by atoms with Crippen LogP contribution in [-0.2, 0) is 21.4 Å². The van der Waals surface area contributed by atoms with E-state index in [0.29, 0.717) is 22.0 Å². The van der Waals surface area contributed by atoms with Gasteiger partial charge in [-0.25, -0.2) is 8.42 Å². The Labute approximate surface area is 212 Å². The number of hydrogen-bond donors (Lipinski definition) is 1. The summed E-state index contributed by atoms with van der Waals surface area (Å²) in [5.74, 6) is 0.254. The van der Waals surface area contributed by atoms with Crippen molar-refractivity contribution in [2.75, 3.05) is 10.8 Å². The maximum atomic E-state index is 13.6. The molecule has 35 heavy (non-hydrogen) atoms. The van der Waals surface area contributed by atoms with Gasteiger partial charge >= 0.3 is 0 Å². The summed E-state index contributed by atoms with van der Waals surface area (Å²) in [5.41, 5.74) is 2.36. The summed E-state index contributed by atoms with van der Waals surface area (Å²) in [5, 5.41) is 3.24. The molecule has 0 aliphatic carbocycles. The van der Waals surface area contributed by atoms with Gasteiger partial charge in [0.2, 0.25) is 5.91 Å². The number of ether oxygens (including phenoxy) is 1. The molecule has 6 nitrogen and oxygen atoms in total. The highest BCUT2D eigenvalue weighted by atomic mass is 35.5. The fourth-order valence-corrected chi connectivity index (χ4v) is 5.11. The lowest BCUT2D eigenvalue weighted by Gasteiger charge is -2.26. The summed E-state index contributed by atoms with van der Waals surface area (Å²) in [6.45, 7) is 9.33. The first kappa shape index (κ1) is 26.6. The van der Waals surface area contributed by atoms with Crippen LogP contribution in [0.5, 0.6) is 5.75 Å². The van der Waals surface area contributed by atoms with Crippen molar-refractivity contribution in [2.45, 2.75) is 51.7 Å². The Morgan fingerprint density at radius 1 is 1.00 bits per heavy atom. The smallest absolute Gasteiger partial charge is 0.264 e. The average Bonchev–Trinajstić information content (AvgIpc) is 2.77. The topological polar surface area (TPSA) is 75.7 Å². The van der Waals surface area contributed by atoms with Crippen molar-refractivity contribution in [3.05, 3.63) is 88.4 Å². The molecule has 0 radical (unpaired) electrons. The molecule has 0 aromatic heterocycles. The number of benzene rings is 3. The number of nitrogens with zero attached hydrogens (tertiary/aromatic N) is 1. The van der Waals surface area contributed by atoms with Crippen molar-refractivity contribution in [2.24, 2.45) is 0 Å². The fraction of sp³-hybridized carbons (Fsp3) is 0.296. The van der Waals surface area contributed by atoms with E-state index in [1.54, 1.807) is 37.3 Å². The van der Waals surface area contributed by atoms with E-state index in [4.69, 9.17) is 16.3 Å². The lowest BCUT2D eigenvalue weighted by Crippen LogP contribution is -2.41. The molecule has 0 unspecified atom stereocenters. The van der Waals surface area contributed by atoms with E-state index >= 15 is 0 Å². The van der Waals surface area contributed by atoms with Crippen LogP contribution in [0.15, 0.2) is 71.6 Å². The molecular formula is C27H31ClN2O4S. The van der Waals surface area contributed by atoms with Crippen LogP contribution in [-0.4, -0.2) is 26.5 Å². The molecule has 3 rings (SSSR count). The molecule has 0 bridgehead atoms. The van der Waals surface area contributed by atoms with Crippen molar-refractivity contribution >= 4 is 33.2 Å². The van der Waals surface area contributed by atoms with Crippen LogP contribution in [0, 0.1) is 13.8 Å².